The standard InChI is InChI=1S/C22H20N2O4S/c1-26-17-5-3-2-4-14(17)10-16-12-23-21(29-16)24-20(25)22(8-9-22)15-6-7-18-19(11-15)28-13-27-18/h2-7,11-12H,8-10,13H2,1H3,(H,23,24,25). The van der Waals surface area contributed by atoms with Gasteiger partial charge in [0.1, 0.15) is 5.75 Å². The van der Waals surface area contributed by atoms with Crippen LogP contribution in [0.5, 0.6) is 17.2 Å². The van der Waals surface area contributed by atoms with Crippen molar-refractivity contribution in [2.45, 2.75) is 24.7 Å². The summed E-state index contributed by atoms with van der Waals surface area (Å²) >= 11 is 1.49. The van der Waals surface area contributed by atoms with E-state index in [1.165, 1.54) is 11.3 Å². The quantitative estimate of drug-likeness (QED) is 0.664. The van der Waals surface area contributed by atoms with Crippen LogP contribution < -0.4 is 19.5 Å². The summed E-state index contributed by atoms with van der Waals surface area (Å²) in [6.07, 6.45) is 4.16. The van der Waals surface area contributed by atoms with Crippen molar-refractivity contribution in [2.24, 2.45) is 0 Å². The van der Waals surface area contributed by atoms with Gasteiger partial charge in [0.25, 0.3) is 0 Å². The third-order valence-corrected chi connectivity index (χ3v) is 6.35. The number of anilines is 1. The molecule has 29 heavy (non-hydrogen) atoms. The average molecular weight is 408 g/mol. The number of aromatic nitrogens is 1. The molecule has 0 unspecified atom stereocenters. The Balaban J connectivity index is 1.30. The van der Waals surface area contributed by atoms with E-state index in [1.807, 2.05) is 48.7 Å². The first kappa shape index (κ1) is 18.0. The maximum Gasteiger partial charge on any atom is 0.236 e. The van der Waals surface area contributed by atoms with E-state index < -0.39 is 5.41 Å². The molecule has 1 N–H and O–H groups in total. The van der Waals surface area contributed by atoms with Crippen LogP contribution in [0.4, 0.5) is 5.13 Å². The first-order chi connectivity index (χ1) is 14.2. The third-order valence-electron chi connectivity index (χ3n) is 5.44. The molecule has 6 nitrogen and oxygen atoms in total. The van der Waals surface area contributed by atoms with E-state index in [0.717, 1.165) is 40.3 Å². The molecule has 2 aliphatic rings. The van der Waals surface area contributed by atoms with Crippen molar-refractivity contribution < 1.29 is 19.0 Å². The number of methoxy groups -OCH3 is 1. The molecule has 1 aliphatic carbocycles. The second-order valence-electron chi connectivity index (χ2n) is 7.22. The second-order valence-corrected chi connectivity index (χ2v) is 8.34. The number of nitrogens with one attached hydrogen (secondary N) is 1. The maximum absolute atomic E-state index is 13.0. The van der Waals surface area contributed by atoms with Gasteiger partial charge in [-0.3, -0.25) is 4.79 Å². The van der Waals surface area contributed by atoms with Gasteiger partial charge in [0.2, 0.25) is 12.7 Å². The molecule has 1 saturated carbocycles. The Morgan fingerprint density at radius 3 is 2.86 bits per heavy atom. The molecule has 2 heterocycles. The van der Waals surface area contributed by atoms with Crippen molar-refractivity contribution in [2.75, 3.05) is 19.2 Å². The molecule has 1 aliphatic heterocycles. The lowest BCUT2D eigenvalue weighted by molar-refractivity contribution is -0.118. The normalized spacial score (nSPS) is 15.8. The largest absolute Gasteiger partial charge is 0.496 e. The number of hydrogen-bond acceptors (Lipinski definition) is 6. The first-order valence-corrected chi connectivity index (χ1v) is 10.3. The number of ether oxygens (including phenoxy) is 3. The van der Waals surface area contributed by atoms with E-state index in [2.05, 4.69) is 10.3 Å². The number of carbonyl (C=O) groups is 1. The second kappa shape index (κ2) is 7.08. The minimum absolute atomic E-state index is 0.0189. The van der Waals surface area contributed by atoms with E-state index in [4.69, 9.17) is 14.2 Å². The highest BCUT2D eigenvalue weighted by Gasteiger charge is 2.52. The summed E-state index contributed by atoms with van der Waals surface area (Å²) in [5.41, 5.74) is 1.55. The molecule has 1 amide bonds. The van der Waals surface area contributed by atoms with Crippen LogP contribution in [-0.4, -0.2) is 24.8 Å². The highest BCUT2D eigenvalue weighted by atomic mass is 32.1. The number of amides is 1. The Morgan fingerprint density at radius 1 is 1.21 bits per heavy atom. The molecule has 0 bridgehead atoms. The van der Waals surface area contributed by atoms with Crippen LogP contribution >= 0.6 is 11.3 Å². The van der Waals surface area contributed by atoms with Crippen LogP contribution in [0.2, 0.25) is 0 Å². The number of nitrogens with zero attached hydrogens (tertiary/aromatic N) is 1. The van der Waals surface area contributed by atoms with Crippen molar-refractivity contribution in [1.82, 2.24) is 4.98 Å². The number of hydrogen-bond donors (Lipinski definition) is 1. The SMILES string of the molecule is COc1ccccc1Cc1cnc(NC(=O)C2(c3ccc4c(c3)OCO4)CC2)s1. The topological polar surface area (TPSA) is 69.7 Å². The zero-order valence-electron chi connectivity index (χ0n) is 15.9. The highest BCUT2D eigenvalue weighted by molar-refractivity contribution is 7.15. The molecule has 0 spiro atoms. The molecular formula is C22H20N2O4S. The van der Waals surface area contributed by atoms with Gasteiger partial charge < -0.3 is 19.5 Å². The molecule has 148 valence electrons. The summed E-state index contributed by atoms with van der Waals surface area (Å²) in [6.45, 7) is 0.228. The van der Waals surface area contributed by atoms with Gasteiger partial charge in [-0.2, -0.15) is 0 Å². The van der Waals surface area contributed by atoms with Crippen molar-refractivity contribution in [3.8, 4) is 17.2 Å². The minimum atomic E-state index is -0.505. The summed E-state index contributed by atoms with van der Waals surface area (Å²) in [4.78, 5) is 18.5. The fourth-order valence-corrected chi connectivity index (χ4v) is 4.50. The van der Waals surface area contributed by atoms with Crippen LogP contribution in [-0.2, 0) is 16.6 Å². The van der Waals surface area contributed by atoms with E-state index >= 15 is 0 Å². The number of carbonyl (C=O) groups excluding carboxylic acids is 1. The predicted molar refractivity (Wildman–Crippen MR) is 110 cm³/mol. The Hall–Kier alpha value is -3.06. The van der Waals surface area contributed by atoms with Crippen molar-refractivity contribution in [3.63, 3.8) is 0 Å². The smallest absolute Gasteiger partial charge is 0.236 e. The molecule has 7 heteroatoms. The lowest BCUT2D eigenvalue weighted by atomic mass is 9.94. The zero-order chi connectivity index (χ0) is 19.8. The van der Waals surface area contributed by atoms with Gasteiger partial charge in [-0.05, 0) is 42.2 Å². The Morgan fingerprint density at radius 2 is 2.03 bits per heavy atom. The van der Waals surface area contributed by atoms with Crippen molar-refractivity contribution >= 4 is 22.4 Å². The first-order valence-electron chi connectivity index (χ1n) is 9.46. The predicted octanol–water partition coefficient (Wildman–Crippen LogP) is 4.14. The van der Waals surface area contributed by atoms with E-state index in [1.54, 1.807) is 7.11 Å². The number of fused-ring (bicyclic) bond motifs is 1. The van der Waals surface area contributed by atoms with Gasteiger partial charge in [0.05, 0.1) is 12.5 Å². The van der Waals surface area contributed by atoms with Gasteiger partial charge in [0.15, 0.2) is 16.6 Å². The van der Waals surface area contributed by atoms with Crippen molar-refractivity contribution in [1.29, 1.82) is 0 Å². The fraction of sp³-hybridized carbons (Fsp3) is 0.273. The van der Waals surface area contributed by atoms with Gasteiger partial charge >= 0.3 is 0 Å². The van der Waals surface area contributed by atoms with Crippen molar-refractivity contribution in [3.05, 3.63) is 64.7 Å². The summed E-state index contributed by atoms with van der Waals surface area (Å²) in [5.74, 6) is 2.27. The average Bonchev–Trinajstić information content (AvgIpc) is 3.22. The monoisotopic (exact) mass is 408 g/mol. The van der Waals surface area contributed by atoms with Gasteiger partial charge in [-0.25, -0.2) is 4.98 Å². The summed E-state index contributed by atoms with van der Waals surface area (Å²) in [7, 11) is 1.67. The van der Waals surface area contributed by atoms with E-state index in [-0.39, 0.29) is 12.7 Å². The van der Waals surface area contributed by atoms with Crippen LogP contribution in [0.25, 0.3) is 0 Å². The lowest BCUT2D eigenvalue weighted by Crippen LogP contribution is -2.27. The molecular weight excluding hydrogens is 388 g/mol. The van der Waals surface area contributed by atoms with E-state index in [9.17, 15) is 4.79 Å². The van der Waals surface area contributed by atoms with Crippen LogP contribution in [0.3, 0.4) is 0 Å². The Labute approximate surface area is 172 Å². The summed E-state index contributed by atoms with van der Waals surface area (Å²) in [5, 5.41) is 3.63. The molecule has 5 rings (SSSR count). The molecule has 1 aromatic heterocycles. The van der Waals surface area contributed by atoms with E-state index in [0.29, 0.717) is 17.3 Å². The molecule has 2 aromatic carbocycles. The van der Waals surface area contributed by atoms with Gasteiger partial charge in [-0.15, -0.1) is 11.3 Å². The number of benzene rings is 2. The Kier molecular flexibility index (Phi) is 4.39. The number of para-hydroxylation sites is 1. The molecule has 0 saturated heterocycles. The summed E-state index contributed by atoms with van der Waals surface area (Å²) in [6, 6.07) is 13.7. The van der Waals surface area contributed by atoms with Crippen LogP contribution in [0.1, 0.15) is 28.8 Å². The highest BCUT2D eigenvalue weighted by Crippen LogP contribution is 2.51. The maximum atomic E-state index is 13.0. The van der Waals surface area contributed by atoms with Gasteiger partial charge in [0, 0.05) is 17.5 Å². The van der Waals surface area contributed by atoms with Crippen LogP contribution in [0.15, 0.2) is 48.7 Å². The van der Waals surface area contributed by atoms with Crippen LogP contribution in [0, 0.1) is 0 Å². The zero-order valence-corrected chi connectivity index (χ0v) is 16.8. The molecule has 3 aromatic rings. The summed E-state index contributed by atoms with van der Waals surface area (Å²) < 4.78 is 16.3. The lowest BCUT2D eigenvalue weighted by Gasteiger charge is -2.15. The third kappa shape index (κ3) is 3.31. The number of rotatable bonds is 6. The molecule has 0 radical (unpaired) electrons. The number of thiazole rings is 1. The molecule has 1 fully saturated rings. The minimum Gasteiger partial charge on any atom is -0.496 e. The Bertz CT molecular complexity index is 1070. The fourth-order valence-electron chi connectivity index (χ4n) is 3.67. The molecule has 0 atom stereocenters. The van der Waals surface area contributed by atoms with Gasteiger partial charge in [-0.1, -0.05) is 24.3 Å².